The summed E-state index contributed by atoms with van der Waals surface area (Å²) in [7, 11) is 0. The lowest BCUT2D eigenvalue weighted by Gasteiger charge is -2.36. The van der Waals surface area contributed by atoms with Crippen molar-refractivity contribution in [3.05, 3.63) is 24.3 Å². The van der Waals surface area contributed by atoms with Crippen LogP contribution in [0.15, 0.2) is 29.4 Å². The van der Waals surface area contributed by atoms with Gasteiger partial charge in [0.15, 0.2) is 5.65 Å². The highest BCUT2D eigenvalue weighted by atomic mass is 32.2. The van der Waals surface area contributed by atoms with Gasteiger partial charge < -0.3 is 9.30 Å². The molecule has 1 aliphatic rings. The minimum absolute atomic E-state index is 0.0194. The Morgan fingerprint density at radius 3 is 2.83 bits per heavy atom. The van der Waals surface area contributed by atoms with Gasteiger partial charge in [-0.25, -0.2) is 4.98 Å². The number of aryl methyl sites for hydroxylation is 1. The van der Waals surface area contributed by atoms with Crippen molar-refractivity contribution in [2.24, 2.45) is 17.8 Å². The number of thioether (sulfide) groups is 1. The van der Waals surface area contributed by atoms with Gasteiger partial charge in [-0.15, -0.1) is 10.2 Å². The van der Waals surface area contributed by atoms with Crippen molar-refractivity contribution in [2.45, 2.75) is 64.8 Å². The predicted octanol–water partition coefficient (Wildman–Crippen LogP) is 5.10. The van der Waals surface area contributed by atoms with Crippen LogP contribution in [0.5, 0.6) is 0 Å². The first kappa shape index (κ1) is 21.1. The number of rotatable bonds is 6. The number of aromatic nitrogens is 4. The summed E-state index contributed by atoms with van der Waals surface area (Å²) in [6.07, 6.45) is 3.33. The van der Waals surface area contributed by atoms with Crippen LogP contribution in [0.25, 0.3) is 22.1 Å². The van der Waals surface area contributed by atoms with Crippen LogP contribution in [-0.4, -0.2) is 37.6 Å². The first-order valence-electron chi connectivity index (χ1n) is 10.9. The SMILES string of the molecule is CCn1c2ccccc2c2nnc(SCC(=O)O[C@@H]3C[C@H](C)CC[C@@H]3C(C)C)nc21. The third-order valence-corrected chi connectivity index (χ3v) is 7.05. The molecule has 1 saturated carbocycles. The second-order valence-corrected chi connectivity index (χ2v) is 9.61. The summed E-state index contributed by atoms with van der Waals surface area (Å²) in [5, 5.41) is 10.2. The molecule has 2 aromatic heterocycles. The molecule has 0 unspecified atom stereocenters. The molecule has 30 heavy (non-hydrogen) atoms. The lowest BCUT2D eigenvalue weighted by molar-refractivity contribution is -0.152. The van der Waals surface area contributed by atoms with Crippen LogP contribution in [0.3, 0.4) is 0 Å². The number of benzene rings is 1. The van der Waals surface area contributed by atoms with Crippen LogP contribution in [0.1, 0.15) is 47.0 Å². The Morgan fingerprint density at radius 1 is 1.27 bits per heavy atom. The molecule has 0 saturated heterocycles. The standard InChI is InChI=1S/C23H30N4O2S/c1-5-27-18-9-7-6-8-17(18)21-22(27)24-23(26-25-21)30-13-20(28)29-19-12-15(4)10-11-16(19)14(2)3/h6-9,14-16,19H,5,10-13H2,1-4H3/t15-,16-,19-/m1/s1. The molecule has 1 aromatic carbocycles. The third-order valence-electron chi connectivity index (χ3n) is 6.23. The summed E-state index contributed by atoms with van der Waals surface area (Å²) >= 11 is 1.30. The second kappa shape index (κ2) is 8.92. The third kappa shape index (κ3) is 4.17. The van der Waals surface area contributed by atoms with E-state index in [0.29, 0.717) is 22.9 Å². The highest BCUT2D eigenvalue weighted by Gasteiger charge is 2.33. The molecule has 160 valence electrons. The minimum Gasteiger partial charge on any atom is -0.461 e. The number of carbonyl (C=O) groups is 1. The minimum atomic E-state index is -0.190. The Hall–Kier alpha value is -2.15. The van der Waals surface area contributed by atoms with Crippen molar-refractivity contribution >= 4 is 39.8 Å². The van der Waals surface area contributed by atoms with E-state index >= 15 is 0 Å². The molecule has 3 atom stereocenters. The molecule has 0 bridgehead atoms. The highest BCUT2D eigenvalue weighted by Crippen LogP contribution is 2.35. The quantitative estimate of drug-likeness (QED) is 0.404. The Balaban J connectivity index is 1.47. The number of hydrogen-bond acceptors (Lipinski definition) is 6. The number of fused-ring (bicyclic) bond motifs is 3. The lowest BCUT2D eigenvalue weighted by atomic mass is 9.75. The van der Waals surface area contributed by atoms with E-state index in [1.807, 2.05) is 18.2 Å². The molecule has 0 N–H and O–H groups in total. The molecular weight excluding hydrogens is 396 g/mol. The normalized spacial score (nSPS) is 22.1. The number of para-hydroxylation sites is 1. The Bertz CT molecular complexity index is 1050. The zero-order valence-electron chi connectivity index (χ0n) is 18.2. The molecule has 1 aliphatic carbocycles. The maximum absolute atomic E-state index is 12.6. The summed E-state index contributed by atoms with van der Waals surface area (Å²) in [4.78, 5) is 17.3. The van der Waals surface area contributed by atoms with Crippen molar-refractivity contribution in [3.8, 4) is 0 Å². The van der Waals surface area contributed by atoms with Gasteiger partial charge in [-0.05, 0) is 43.6 Å². The van der Waals surface area contributed by atoms with E-state index in [2.05, 4.69) is 48.5 Å². The van der Waals surface area contributed by atoms with Gasteiger partial charge in [-0.3, -0.25) is 4.79 Å². The van der Waals surface area contributed by atoms with E-state index in [9.17, 15) is 4.79 Å². The van der Waals surface area contributed by atoms with Crippen molar-refractivity contribution in [2.75, 3.05) is 5.75 Å². The largest absolute Gasteiger partial charge is 0.461 e. The maximum Gasteiger partial charge on any atom is 0.316 e. The van der Waals surface area contributed by atoms with Gasteiger partial charge in [0.2, 0.25) is 5.16 Å². The van der Waals surface area contributed by atoms with Crippen LogP contribution in [0, 0.1) is 17.8 Å². The number of nitrogens with zero attached hydrogens (tertiary/aromatic N) is 4. The van der Waals surface area contributed by atoms with Gasteiger partial charge in [0.05, 0.1) is 11.3 Å². The molecule has 0 aliphatic heterocycles. The predicted molar refractivity (Wildman–Crippen MR) is 120 cm³/mol. The molecular formula is C23H30N4O2S. The van der Waals surface area contributed by atoms with Crippen molar-refractivity contribution in [3.63, 3.8) is 0 Å². The highest BCUT2D eigenvalue weighted by molar-refractivity contribution is 7.99. The first-order valence-corrected chi connectivity index (χ1v) is 11.9. The van der Waals surface area contributed by atoms with E-state index in [1.165, 1.54) is 18.2 Å². The van der Waals surface area contributed by atoms with Crippen molar-refractivity contribution < 1.29 is 9.53 Å². The fraction of sp³-hybridized carbons (Fsp3) is 0.565. The van der Waals surface area contributed by atoms with Gasteiger partial charge in [-0.1, -0.05) is 57.2 Å². The van der Waals surface area contributed by atoms with Gasteiger partial charge >= 0.3 is 5.97 Å². The number of carbonyl (C=O) groups excluding carboxylic acids is 1. The monoisotopic (exact) mass is 426 g/mol. The van der Waals surface area contributed by atoms with Gasteiger partial charge in [-0.2, -0.15) is 0 Å². The summed E-state index contributed by atoms with van der Waals surface area (Å²) in [5.41, 5.74) is 2.71. The zero-order chi connectivity index (χ0) is 21.3. The molecule has 1 fully saturated rings. The lowest BCUT2D eigenvalue weighted by Crippen LogP contribution is -2.36. The van der Waals surface area contributed by atoms with Gasteiger partial charge in [0.1, 0.15) is 11.6 Å². The van der Waals surface area contributed by atoms with E-state index in [0.717, 1.165) is 41.5 Å². The molecule has 4 rings (SSSR count). The Labute approximate surface area is 181 Å². The van der Waals surface area contributed by atoms with E-state index < -0.39 is 0 Å². The average Bonchev–Trinajstić information content (AvgIpc) is 3.05. The van der Waals surface area contributed by atoms with E-state index in [4.69, 9.17) is 9.72 Å². The first-order chi connectivity index (χ1) is 14.5. The fourth-order valence-corrected chi connectivity index (χ4v) is 5.21. The second-order valence-electron chi connectivity index (χ2n) is 8.67. The Kier molecular flexibility index (Phi) is 6.27. The zero-order valence-corrected chi connectivity index (χ0v) is 19.0. The maximum atomic E-state index is 12.6. The molecule has 0 radical (unpaired) electrons. The number of ether oxygens (including phenoxy) is 1. The van der Waals surface area contributed by atoms with Crippen LogP contribution in [0.4, 0.5) is 0 Å². The van der Waals surface area contributed by atoms with E-state index in [-0.39, 0.29) is 17.8 Å². The van der Waals surface area contributed by atoms with Crippen LogP contribution in [0.2, 0.25) is 0 Å². The van der Waals surface area contributed by atoms with E-state index in [1.54, 1.807) is 0 Å². The summed E-state index contributed by atoms with van der Waals surface area (Å²) in [6.45, 7) is 9.57. The average molecular weight is 427 g/mol. The number of hydrogen-bond donors (Lipinski definition) is 0. The molecule has 3 aromatic rings. The van der Waals surface area contributed by atoms with Gasteiger partial charge in [0, 0.05) is 11.9 Å². The smallest absolute Gasteiger partial charge is 0.316 e. The van der Waals surface area contributed by atoms with Crippen molar-refractivity contribution in [1.29, 1.82) is 0 Å². The molecule has 6 nitrogen and oxygen atoms in total. The van der Waals surface area contributed by atoms with Crippen LogP contribution < -0.4 is 0 Å². The molecule has 7 heteroatoms. The topological polar surface area (TPSA) is 69.9 Å². The molecule has 2 heterocycles. The Morgan fingerprint density at radius 2 is 2.07 bits per heavy atom. The molecule has 0 amide bonds. The molecule has 0 spiro atoms. The van der Waals surface area contributed by atoms with Crippen LogP contribution in [-0.2, 0) is 16.1 Å². The number of esters is 1. The van der Waals surface area contributed by atoms with Crippen molar-refractivity contribution in [1.82, 2.24) is 19.7 Å². The summed E-state index contributed by atoms with van der Waals surface area (Å²) in [6, 6.07) is 8.13. The summed E-state index contributed by atoms with van der Waals surface area (Å²) in [5.74, 6) is 1.59. The fourth-order valence-electron chi connectivity index (χ4n) is 4.65. The van der Waals surface area contributed by atoms with Crippen LogP contribution >= 0.6 is 11.8 Å². The summed E-state index contributed by atoms with van der Waals surface area (Å²) < 4.78 is 8.03. The van der Waals surface area contributed by atoms with Gasteiger partial charge in [0.25, 0.3) is 0 Å².